The summed E-state index contributed by atoms with van der Waals surface area (Å²) in [6, 6.07) is 7.17. The standard InChI is InChI=1S/C25H34N4O3/c1-17(2)16-29-25(32)21-11-7-6-10-20(21)22(27-29)23(30)26-19-12-14-28(15-13-19)24(31)18-8-4-3-5-9-18/h6-7,10-11,17-19H,3-5,8-9,12-16H2,1-2H3,(H,26,30). The third-order valence-electron chi connectivity index (χ3n) is 6.72. The molecule has 1 saturated carbocycles. The summed E-state index contributed by atoms with van der Waals surface area (Å²) < 4.78 is 1.41. The van der Waals surface area contributed by atoms with Crippen LogP contribution in [0.15, 0.2) is 29.1 Å². The molecule has 1 aromatic heterocycles. The van der Waals surface area contributed by atoms with Crippen molar-refractivity contribution in [2.24, 2.45) is 11.8 Å². The van der Waals surface area contributed by atoms with Gasteiger partial charge in [0.05, 0.1) is 5.39 Å². The monoisotopic (exact) mass is 438 g/mol. The molecule has 0 bridgehead atoms. The second kappa shape index (κ2) is 9.84. The lowest BCUT2D eigenvalue weighted by molar-refractivity contribution is -0.137. The van der Waals surface area contributed by atoms with E-state index in [2.05, 4.69) is 10.4 Å². The van der Waals surface area contributed by atoms with Crippen LogP contribution in [-0.4, -0.2) is 45.6 Å². The van der Waals surface area contributed by atoms with Crippen molar-refractivity contribution in [1.29, 1.82) is 0 Å². The predicted molar refractivity (Wildman–Crippen MR) is 124 cm³/mol. The molecule has 7 nitrogen and oxygen atoms in total. The Kier molecular flexibility index (Phi) is 6.92. The van der Waals surface area contributed by atoms with Crippen LogP contribution in [0.5, 0.6) is 0 Å². The average Bonchev–Trinajstić information content (AvgIpc) is 2.81. The quantitative estimate of drug-likeness (QED) is 0.776. The van der Waals surface area contributed by atoms with Gasteiger partial charge in [-0.3, -0.25) is 14.4 Å². The van der Waals surface area contributed by atoms with Gasteiger partial charge in [0.2, 0.25) is 5.91 Å². The van der Waals surface area contributed by atoms with E-state index in [4.69, 9.17) is 0 Å². The number of amides is 2. The first-order chi connectivity index (χ1) is 15.4. The number of benzene rings is 1. The number of rotatable bonds is 5. The van der Waals surface area contributed by atoms with Gasteiger partial charge in [-0.25, -0.2) is 4.68 Å². The Morgan fingerprint density at radius 3 is 2.34 bits per heavy atom. The molecule has 172 valence electrons. The van der Waals surface area contributed by atoms with Gasteiger partial charge in [0.25, 0.3) is 11.5 Å². The topological polar surface area (TPSA) is 84.3 Å². The van der Waals surface area contributed by atoms with E-state index in [0.717, 1.165) is 38.5 Å². The number of hydrogen-bond donors (Lipinski definition) is 1. The SMILES string of the molecule is CC(C)Cn1nc(C(=O)NC2CCN(C(=O)C3CCCCC3)CC2)c2ccccc2c1=O. The van der Waals surface area contributed by atoms with Crippen LogP contribution >= 0.6 is 0 Å². The second-order valence-electron chi connectivity index (χ2n) is 9.68. The van der Waals surface area contributed by atoms with Gasteiger partial charge in [0, 0.05) is 37.0 Å². The molecule has 4 rings (SSSR count). The van der Waals surface area contributed by atoms with Crippen LogP contribution < -0.4 is 10.9 Å². The molecule has 7 heteroatoms. The number of nitrogens with one attached hydrogen (secondary N) is 1. The Morgan fingerprint density at radius 1 is 1.03 bits per heavy atom. The van der Waals surface area contributed by atoms with E-state index in [0.29, 0.717) is 42.0 Å². The summed E-state index contributed by atoms with van der Waals surface area (Å²) in [5.74, 6) is 0.467. The van der Waals surface area contributed by atoms with Crippen LogP contribution in [0.3, 0.4) is 0 Å². The maximum Gasteiger partial charge on any atom is 0.274 e. The fourth-order valence-corrected chi connectivity index (χ4v) is 4.98. The molecule has 0 unspecified atom stereocenters. The zero-order valence-electron chi connectivity index (χ0n) is 19.2. The van der Waals surface area contributed by atoms with Crippen molar-refractivity contribution in [3.63, 3.8) is 0 Å². The fraction of sp³-hybridized carbons (Fsp3) is 0.600. The Hall–Kier alpha value is -2.70. The molecule has 1 aliphatic carbocycles. The molecule has 32 heavy (non-hydrogen) atoms. The molecule has 0 radical (unpaired) electrons. The largest absolute Gasteiger partial charge is 0.348 e. The third kappa shape index (κ3) is 4.87. The third-order valence-corrected chi connectivity index (χ3v) is 6.72. The van der Waals surface area contributed by atoms with Crippen LogP contribution in [-0.2, 0) is 11.3 Å². The van der Waals surface area contributed by atoms with Crippen LogP contribution in [0.25, 0.3) is 10.8 Å². The number of piperidine rings is 1. The Balaban J connectivity index is 1.45. The maximum absolute atomic E-state index is 13.2. The lowest BCUT2D eigenvalue weighted by atomic mass is 9.87. The molecule has 1 saturated heterocycles. The highest BCUT2D eigenvalue weighted by Crippen LogP contribution is 2.26. The number of likely N-dealkylation sites (tertiary alicyclic amines) is 1. The summed E-state index contributed by atoms with van der Waals surface area (Å²) in [6.07, 6.45) is 7.07. The zero-order chi connectivity index (χ0) is 22.7. The highest BCUT2D eigenvalue weighted by atomic mass is 16.2. The normalized spacial score (nSPS) is 18.3. The van der Waals surface area contributed by atoms with Crippen LogP contribution in [0.1, 0.15) is 69.3 Å². The van der Waals surface area contributed by atoms with Crippen LogP contribution in [0.2, 0.25) is 0 Å². The van der Waals surface area contributed by atoms with Crippen molar-refractivity contribution in [2.75, 3.05) is 13.1 Å². The maximum atomic E-state index is 13.2. The molecule has 1 aromatic carbocycles. The minimum absolute atomic E-state index is 0.00365. The Bertz CT molecular complexity index is 1030. The first kappa shape index (κ1) is 22.5. The van der Waals surface area contributed by atoms with Gasteiger partial charge < -0.3 is 10.2 Å². The Morgan fingerprint density at radius 2 is 1.69 bits per heavy atom. The summed E-state index contributed by atoms with van der Waals surface area (Å²) in [5, 5.41) is 8.65. The molecular weight excluding hydrogens is 404 g/mol. The molecule has 0 atom stereocenters. The number of fused-ring (bicyclic) bond motifs is 1. The van der Waals surface area contributed by atoms with Gasteiger partial charge in [0.1, 0.15) is 0 Å². The van der Waals surface area contributed by atoms with E-state index in [1.807, 2.05) is 30.9 Å². The molecule has 1 aliphatic heterocycles. The number of carbonyl (C=O) groups is 2. The summed E-state index contributed by atoms with van der Waals surface area (Å²) in [6.45, 7) is 5.87. The highest BCUT2D eigenvalue weighted by molar-refractivity contribution is 6.04. The summed E-state index contributed by atoms with van der Waals surface area (Å²) >= 11 is 0. The first-order valence-corrected chi connectivity index (χ1v) is 12.0. The van der Waals surface area contributed by atoms with Crippen molar-refractivity contribution >= 4 is 22.6 Å². The van der Waals surface area contributed by atoms with E-state index in [1.165, 1.54) is 11.1 Å². The van der Waals surface area contributed by atoms with Gasteiger partial charge >= 0.3 is 0 Å². The highest BCUT2D eigenvalue weighted by Gasteiger charge is 2.30. The molecule has 2 aliphatic rings. The van der Waals surface area contributed by atoms with Gasteiger partial charge in [-0.15, -0.1) is 0 Å². The van der Waals surface area contributed by atoms with Crippen molar-refractivity contribution in [2.45, 2.75) is 71.4 Å². The number of carbonyl (C=O) groups excluding carboxylic acids is 2. The van der Waals surface area contributed by atoms with Gasteiger partial charge in [-0.05, 0) is 37.7 Å². The fourth-order valence-electron chi connectivity index (χ4n) is 4.98. The van der Waals surface area contributed by atoms with Gasteiger partial charge in [-0.2, -0.15) is 5.10 Å². The summed E-state index contributed by atoms with van der Waals surface area (Å²) in [5.41, 5.74) is 0.127. The van der Waals surface area contributed by atoms with E-state index in [-0.39, 0.29) is 29.3 Å². The number of nitrogens with zero attached hydrogens (tertiary/aromatic N) is 3. The van der Waals surface area contributed by atoms with E-state index in [9.17, 15) is 14.4 Å². The summed E-state index contributed by atoms with van der Waals surface area (Å²) in [4.78, 5) is 40.7. The molecule has 2 heterocycles. The summed E-state index contributed by atoms with van der Waals surface area (Å²) in [7, 11) is 0. The lowest BCUT2D eigenvalue weighted by Crippen LogP contribution is -2.48. The second-order valence-corrected chi connectivity index (χ2v) is 9.68. The zero-order valence-corrected chi connectivity index (χ0v) is 19.2. The predicted octanol–water partition coefficient (Wildman–Crippen LogP) is 3.35. The van der Waals surface area contributed by atoms with Crippen molar-refractivity contribution in [3.05, 3.63) is 40.3 Å². The van der Waals surface area contributed by atoms with Gasteiger partial charge in [-0.1, -0.05) is 51.3 Å². The first-order valence-electron chi connectivity index (χ1n) is 12.0. The molecule has 0 spiro atoms. The molecular formula is C25H34N4O3. The van der Waals surface area contributed by atoms with E-state index in [1.54, 1.807) is 12.1 Å². The minimum atomic E-state index is -0.254. The number of hydrogen-bond acceptors (Lipinski definition) is 4. The van der Waals surface area contributed by atoms with E-state index < -0.39 is 0 Å². The Labute approximate surface area is 189 Å². The van der Waals surface area contributed by atoms with Crippen molar-refractivity contribution < 1.29 is 9.59 Å². The van der Waals surface area contributed by atoms with Gasteiger partial charge in [0.15, 0.2) is 5.69 Å². The molecule has 2 amide bonds. The smallest absolute Gasteiger partial charge is 0.274 e. The molecule has 1 N–H and O–H groups in total. The van der Waals surface area contributed by atoms with Crippen molar-refractivity contribution in [1.82, 2.24) is 20.0 Å². The van der Waals surface area contributed by atoms with Crippen LogP contribution in [0.4, 0.5) is 0 Å². The lowest BCUT2D eigenvalue weighted by Gasteiger charge is -2.35. The van der Waals surface area contributed by atoms with Crippen LogP contribution in [0, 0.1) is 11.8 Å². The molecule has 2 aromatic rings. The van der Waals surface area contributed by atoms with Crippen molar-refractivity contribution in [3.8, 4) is 0 Å². The minimum Gasteiger partial charge on any atom is -0.348 e. The van der Waals surface area contributed by atoms with E-state index >= 15 is 0 Å². The average molecular weight is 439 g/mol. The number of aromatic nitrogens is 2. The molecule has 2 fully saturated rings.